The Bertz CT molecular complexity index is 1110. The summed E-state index contributed by atoms with van der Waals surface area (Å²) >= 11 is 3.57. The molecule has 3 aromatic heterocycles. The highest BCUT2D eigenvalue weighted by Gasteiger charge is 2.19. The Morgan fingerprint density at radius 2 is 1.80 bits per heavy atom. The van der Waals surface area contributed by atoms with Gasteiger partial charge in [-0.3, -0.25) is 0 Å². The molecule has 0 fully saturated rings. The fourth-order valence-electron chi connectivity index (χ4n) is 1.92. The van der Waals surface area contributed by atoms with Gasteiger partial charge in [0.25, 0.3) is 0 Å². The third-order valence-electron chi connectivity index (χ3n) is 3.07. The summed E-state index contributed by atoms with van der Waals surface area (Å²) < 4.78 is 50.0. The zero-order chi connectivity index (χ0) is 18.2. The van der Waals surface area contributed by atoms with Crippen molar-refractivity contribution < 1.29 is 16.8 Å². The lowest BCUT2D eigenvalue weighted by Gasteiger charge is -2.02. The summed E-state index contributed by atoms with van der Waals surface area (Å²) in [5.41, 5.74) is 0.755. The molecule has 0 spiro atoms. The van der Waals surface area contributed by atoms with Crippen molar-refractivity contribution in [3.63, 3.8) is 0 Å². The maximum Gasteiger partial charge on any atom is 0.250 e. The van der Waals surface area contributed by atoms with Crippen molar-refractivity contribution in [3.05, 3.63) is 39.5 Å². The molecule has 25 heavy (non-hydrogen) atoms. The van der Waals surface area contributed by atoms with E-state index < -0.39 is 20.0 Å². The molecule has 3 rings (SSSR count). The maximum absolute atomic E-state index is 12.4. The van der Waals surface area contributed by atoms with Crippen molar-refractivity contribution in [2.75, 3.05) is 0 Å². The van der Waals surface area contributed by atoms with Crippen LogP contribution in [0.3, 0.4) is 0 Å². The molecule has 0 radical (unpaired) electrons. The van der Waals surface area contributed by atoms with E-state index in [1.165, 1.54) is 29.5 Å². The number of aryl methyl sites for hydroxylation is 1. The third-order valence-corrected chi connectivity index (χ3v) is 9.37. The zero-order valence-electron chi connectivity index (χ0n) is 12.8. The van der Waals surface area contributed by atoms with Gasteiger partial charge in [0.1, 0.15) is 8.42 Å². The van der Waals surface area contributed by atoms with Crippen LogP contribution in [0.25, 0.3) is 10.6 Å². The van der Waals surface area contributed by atoms with E-state index in [0.717, 1.165) is 38.3 Å². The Labute approximate surface area is 157 Å². The summed E-state index contributed by atoms with van der Waals surface area (Å²) in [5.74, 6) is 0. The van der Waals surface area contributed by atoms with Gasteiger partial charge >= 0.3 is 0 Å². The molecule has 134 valence electrons. The monoisotopic (exact) mass is 435 g/mol. The molecule has 3 heterocycles. The first kappa shape index (κ1) is 18.6. The molecule has 0 aromatic carbocycles. The maximum atomic E-state index is 12.4. The van der Waals surface area contributed by atoms with Gasteiger partial charge in [0, 0.05) is 16.8 Å². The predicted octanol–water partition coefficient (Wildman–Crippen LogP) is 2.37. The van der Waals surface area contributed by atoms with Gasteiger partial charge in [-0.15, -0.1) is 34.0 Å². The second kappa shape index (κ2) is 6.87. The van der Waals surface area contributed by atoms with Crippen LogP contribution in [-0.2, 0) is 26.6 Å². The summed E-state index contributed by atoms with van der Waals surface area (Å²) in [6.07, 6.45) is 0. The number of hydrogen-bond acceptors (Lipinski definition) is 8. The Kier molecular flexibility index (Phi) is 5.12. The Morgan fingerprint density at radius 3 is 2.40 bits per heavy atom. The highest BCUT2D eigenvalue weighted by atomic mass is 32.3. The molecule has 3 N–H and O–H groups in total. The van der Waals surface area contributed by atoms with Crippen molar-refractivity contribution >= 4 is 54.1 Å². The molecule has 12 heteroatoms. The number of hydrogen-bond donors (Lipinski definition) is 2. The first-order valence-corrected chi connectivity index (χ1v) is 12.3. The van der Waals surface area contributed by atoms with Crippen molar-refractivity contribution in [1.29, 1.82) is 0 Å². The second-order valence-electron chi connectivity index (χ2n) is 4.96. The lowest BCUT2D eigenvalue weighted by Crippen LogP contribution is -2.21. The molecule has 7 nitrogen and oxygen atoms in total. The van der Waals surface area contributed by atoms with E-state index in [4.69, 9.17) is 5.14 Å². The standard InChI is InChI=1S/C13H13N3O4S5/c1-8-16-10(7-21-8)11-3-5-13(23-11)25(19,20)15-6-9-2-4-12(22-9)24(14,17)18/h2-5,7,15H,6H2,1H3,(H2,14,17,18). The SMILES string of the molecule is Cc1nc(-c2ccc(S(=O)(=O)NCc3ccc(S(N)(=O)=O)s3)s2)cs1. The van der Waals surface area contributed by atoms with E-state index in [1.54, 1.807) is 6.07 Å². The fraction of sp³-hybridized carbons (Fsp3) is 0.154. The van der Waals surface area contributed by atoms with Gasteiger partial charge in [0.05, 0.1) is 15.6 Å². The molecule has 0 aliphatic rings. The Morgan fingerprint density at radius 1 is 1.08 bits per heavy atom. The average Bonchev–Trinajstić information content (AvgIpc) is 3.24. The predicted molar refractivity (Wildman–Crippen MR) is 99.9 cm³/mol. The van der Waals surface area contributed by atoms with Crippen LogP contribution in [0.5, 0.6) is 0 Å². The topological polar surface area (TPSA) is 119 Å². The third kappa shape index (κ3) is 4.34. The molecule has 0 saturated carbocycles. The van der Waals surface area contributed by atoms with E-state index >= 15 is 0 Å². The number of thiazole rings is 1. The van der Waals surface area contributed by atoms with Gasteiger partial charge in [0.2, 0.25) is 20.0 Å². The van der Waals surface area contributed by atoms with E-state index in [-0.39, 0.29) is 15.0 Å². The number of nitrogens with zero attached hydrogens (tertiary/aromatic N) is 1. The Hall–Kier alpha value is -1.15. The van der Waals surface area contributed by atoms with Crippen molar-refractivity contribution in [2.45, 2.75) is 21.9 Å². The van der Waals surface area contributed by atoms with Crippen LogP contribution in [0.15, 0.2) is 38.1 Å². The molecule has 0 saturated heterocycles. The molecular weight excluding hydrogens is 422 g/mol. The molecule has 0 amide bonds. The molecule has 0 bridgehead atoms. The highest BCUT2D eigenvalue weighted by Crippen LogP contribution is 2.31. The minimum absolute atomic E-state index is 0.000917. The minimum atomic E-state index is -3.78. The van der Waals surface area contributed by atoms with Crippen molar-refractivity contribution in [1.82, 2.24) is 9.71 Å². The van der Waals surface area contributed by atoms with E-state index in [2.05, 4.69) is 9.71 Å². The smallest absolute Gasteiger partial charge is 0.241 e. The lowest BCUT2D eigenvalue weighted by atomic mass is 10.4. The van der Waals surface area contributed by atoms with E-state index in [0.29, 0.717) is 4.88 Å². The molecule has 0 unspecified atom stereocenters. The summed E-state index contributed by atoms with van der Waals surface area (Å²) in [6.45, 7) is 1.88. The summed E-state index contributed by atoms with van der Waals surface area (Å²) in [7, 11) is -7.47. The summed E-state index contributed by atoms with van der Waals surface area (Å²) in [4.78, 5) is 5.67. The van der Waals surface area contributed by atoms with Crippen LogP contribution in [0, 0.1) is 6.92 Å². The second-order valence-corrected chi connectivity index (χ2v) is 12.1. The minimum Gasteiger partial charge on any atom is -0.241 e. The quantitative estimate of drug-likeness (QED) is 0.616. The zero-order valence-corrected chi connectivity index (χ0v) is 16.9. The number of aromatic nitrogens is 1. The van der Waals surface area contributed by atoms with Crippen LogP contribution in [0.1, 0.15) is 9.88 Å². The van der Waals surface area contributed by atoms with E-state index in [9.17, 15) is 16.8 Å². The van der Waals surface area contributed by atoms with E-state index in [1.807, 2.05) is 12.3 Å². The van der Waals surface area contributed by atoms with Crippen LogP contribution < -0.4 is 9.86 Å². The van der Waals surface area contributed by atoms with Crippen LogP contribution in [0.4, 0.5) is 0 Å². The number of primary sulfonamides is 1. The molecular formula is C13H13N3O4S5. The normalized spacial score (nSPS) is 12.6. The lowest BCUT2D eigenvalue weighted by molar-refractivity contribution is 0.584. The van der Waals surface area contributed by atoms with Crippen molar-refractivity contribution in [3.8, 4) is 10.6 Å². The first-order valence-electron chi connectivity index (χ1n) is 6.79. The number of nitrogens with two attached hydrogens (primary N) is 1. The van der Waals surface area contributed by atoms with Gasteiger partial charge in [-0.2, -0.15) is 0 Å². The molecule has 0 atom stereocenters. The highest BCUT2D eigenvalue weighted by molar-refractivity contribution is 7.92. The molecule has 0 aliphatic heterocycles. The van der Waals surface area contributed by atoms with Crippen LogP contribution >= 0.6 is 34.0 Å². The number of nitrogens with one attached hydrogen (secondary N) is 1. The largest absolute Gasteiger partial charge is 0.250 e. The molecule has 0 aliphatic carbocycles. The van der Waals surface area contributed by atoms with Crippen molar-refractivity contribution in [2.24, 2.45) is 5.14 Å². The first-order chi connectivity index (χ1) is 11.6. The van der Waals surface area contributed by atoms with Gasteiger partial charge < -0.3 is 0 Å². The van der Waals surface area contributed by atoms with Gasteiger partial charge in [-0.25, -0.2) is 31.7 Å². The summed E-state index contributed by atoms with van der Waals surface area (Å²) in [5, 5.41) is 7.84. The summed E-state index contributed by atoms with van der Waals surface area (Å²) in [6, 6.07) is 6.14. The van der Waals surface area contributed by atoms with Gasteiger partial charge in [-0.1, -0.05) is 0 Å². The number of thiophene rings is 2. The van der Waals surface area contributed by atoms with Gasteiger partial charge in [-0.05, 0) is 31.2 Å². The number of sulfonamides is 2. The fourth-order valence-corrected chi connectivity index (χ4v) is 6.74. The number of rotatable bonds is 6. The van der Waals surface area contributed by atoms with Gasteiger partial charge in [0.15, 0.2) is 0 Å². The van der Waals surface area contributed by atoms with Crippen LogP contribution in [0.2, 0.25) is 0 Å². The Balaban J connectivity index is 1.74. The molecule has 3 aromatic rings. The van der Waals surface area contributed by atoms with Crippen LogP contribution in [-0.4, -0.2) is 21.8 Å². The average molecular weight is 436 g/mol.